The summed E-state index contributed by atoms with van der Waals surface area (Å²) in [5.41, 5.74) is 3.56. The van der Waals surface area contributed by atoms with Gasteiger partial charge in [-0.25, -0.2) is 0 Å². The Morgan fingerprint density at radius 3 is 2.52 bits per heavy atom. The van der Waals surface area contributed by atoms with Crippen LogP contribution in [-0.4, -0.2) is 36.4 Å². The van der Waals surface area contributed by atoms with E-state index in [1.54, 1.807) is 0 Å². The van der Waals surface area contributed by atoms with Gasteiger partial charge >= 0.3 is 0 Å². The highest BCUT2D eigenvalue weighted by atomic mass is 16.5. The van der Waals surface area contributed by atoms with E-state index in [1.807, 2.05) is 26.0 Å². The lowest BCUT2D eigenvalue weighted by Gasteiger charge is -2.33. The van der Waals surface area contributed by atoms with Crippen LogP contribution in [0.1, 0.15) is 66.9 Å². The zero-order valence-electron chi connectivity index (χ0n) is 17.8. The van der Waals surface area contributed by atoms with E-state index in [2.05, 4.69) is 41.3 Å². The van der Waals surface area contributed by atoms with Crippen molar-refractivity contribution >= 4 is 5.78 Å². The van der Waals surface area contributed by atoms with Crippen LogP contribution in [-0.2, 0) is 6.42 Å². The van der Waals surface area contributed by atoms with Gasteiger partial charge in [0.05, 0.1) is 6.10 Å². The maximum Gasteiger partial charge on any atom is 0.166 e. The number of aryl methyl sites for hydroxylation is 1. The van der Waals surface area contributed by atoms with E-state index < -0.39 is 0 Å². The first-order valence-corrected chi connectivity index (χ1v) is 11.2. The SMILES string of the molecule is CC(C)Oc1ccc2c(c1)CCC(CCN1CCC(c3ccccc3)CC1)C2=O. The first kappa shape index (κ1) is 20.2. The van der Waals surface area contributed by atoms with Crippen molar-refractivity contribution in [2.24, 2.45) is 5.92 Å². The molecule has 1 fully saturated rings. The third-order valence-corrected chi connectivity index (χ3v) is 6.50. The normalized spacial score (nSPS) is 20.7. The second kappa shape index (κ2) is 9.13. The summed E-state index contributed by atoms with van der Waals surface area (Å²) in [6, 6.07) is 16.9. The molecule has 29 heavy (non-hydrogen) atoms. The van der Waals surface area contributed by atoms with Gasteiger partial charge in [-0.2, -0.15) is 0 Å². The molecule has 0 aromatic heterocycles. The molecule has 0 radical (unpaired) electrons. The van der Waals surface area contributed by atoms with E-state index in [4.69, 9.17) is 4.74 Å². The average molecular weight is 392 g/mol. The predicted octanol–water partition coefficient (Wildman–Crippen LogP) is 5.49. The smallest absolute Gasteiger partial charge is 0.166 e. The number of benzene rings is 2. The minimum atomic E-state index is 0.158. The molecule has 1 atom stereocenters. The van der Waals surface area contributed by atoms with E-state index >= 15 is 0 Å². The van der Waals surface area contributed by atoms with Crippen LogP contribution in [0.3, 0.4) is 0 Å². The molecule has 3 nitrogen and oxygen atoms in total. The highest BCUT2D eigenvalue weighted by Gasteiger charge is 2.29. The van der Waals surface area contributed by atoms with Gasteiger partial charge in [0, 0.05) is 11.5 Å². The molecule has 2 aromatic rings. The van der Waals surface area contributed by atoms with Crippen LogP contribution in [0.2, 0.25) is 0 Å². The fraction of sp³-hybridized carbons (Fsp3) is 0.500. The Bertz CT molecular complexity index is 822. The van der Waals surface area contributed by atoms with E-state index in [9.17, 15) is 4.79 Å². The number of Topliss-reactive ketones (excluding diaryl/α,β-unsaturated/α-hetero) is 1. The standard InChI is InChI=1S/C26H33NO2/c1-19(2)29-24-10-11-25-23(18-24)9-8-22(26(25)28)14-17-27-15-12-21(13-16-27)20-6-4-3-5-7-20/h3-7,10-11,18-19,21-22H,8-9,12-17H2,1-2H3. The summed E-state index contributed by atoms with van der Waals surface area (Å²) in [6.07, 6.45) is 5.55. The summed E-state index contributed by atoms with van der Waals surface area (Å²) in [4.78, 5) is 15.6. The lowest BCUT2D eigenvalue weighted by molar-refractivity contribution is 0.0877. The van der Waals surface area contributed by atoms with Crippen molar-refractivity contribution in [3.63, 3.8) is 0 Å². The molecule has 0 saturated carbocycles. The molecule has 1 saturated heterocycles. The van der Waals surface area contributed by atoms with E-state index in [0.29, 0.717) is 11.7 Å². The van der Waals surface area contributed by atoms with Gasteiger partial charge < -0.3 is 9.64 Å². The fourth-order valence-corrected chi connectivity index (χ4v) is 4.87. The van der Waals surface area contributed by atoms with Crippen LogP contribution in [0, 0.1) is 5.92 Å². The minimum Gasteiger partial charge on any atom is -0.491 e. The van der Waals surface area contributed by atoms with Crippen LogP contribution < -0.4 is 4.74 Å². The number of hydrogen-bond donors (Lipinski definition) is 0. The highest BCUT2D eigenvalue weighted by molar-refractivity contribution is 6.00. The summed E-state index contributed by atoms with van der Waals surface area (Å²) in [6.45, 7) is 7.40. The number of hydrogen-bond acceptors (Lipinski definition) is 3. The second-order valence-electron chi connectivity index (χ2n) is 8.90. The van der Waals surface area contributed by atoms with Crippen molar-refractivity contribution in [2.45, 2.75) is 58.0 Å². The van der Waals surface area contributed by atoms with Crippen LogP contribution in [0.5, 0.6) is 5.75 Å². The molecular weight excluding hydrogens is 358 g/mol. The lowest BCUT2D eigenvalue weighted by atomic mass is 9.80. The van der Waals surface area contributed by atoms with Crippen molar-refractivity contribution in [3.05, 3.63) is 65.2 Å². The van der Waals surface area contributed by atoms with Crippen LogP contribution in [0.4, 0.5) is 0 Å². The summed E-state index contributed by atoms with van der Waals surface area (Å²) in [5, 5.41) is 0. The molecule has 1 aliphatic heterocycles. The van der Waals surface area contributed by atoms with Crippen molar-refractivity contribution in [1.82, 2.24) is 4.90 Å². The van der Waals surface area contributed by atoms with Crippen molar-refractivity contribution in [2.75, 3.05) is 19.6 Å². The Hall–Kier alpha value is -2.13. The molecule has 3 heteroatoms. The molecule has 4 rings (SSSR count). The Kier molecular flexibility index (Phi) is 6.34. The maximum atomic E-state index is 13.0. The first-order valence-electron chi connectivity index (χ1n) is 11.2. The summed E-state index contributed by atoms with van der Waals surface area (Å²) >= 11 is 0. The second-order valence-corrected chi connectivity index (χ2v) is 8.90. The molecule has 2 aliphatic rings. The zero-order chi connectivity index (χ0) is 20.2. The number of carbonyl (C=O) groups excluding carboxylic acids is 1. The topological polar surface area (TPSA) is 29.5 Å². The summed E-state index contributed by atoms with van der Waals surface area (Å²) < 4.78 is 5.79. The number of nitrogens with zero attached hydrogens (tertiary/aromatic N) is 1. The number of likely N-dealkylation sites (tertiary alicyclic amines) is 1. The van der Waals surface area contributed by atoms with Crippen LogP contribution in [0.25, 0.3) is 0 Å². The van der Waals surface area contributed by atoms with Crippen molar-refractivity contribution < 1.29 is 9.53 Å². The Labute approximate surface area is 175 Å². The Morgan fingerprint density at radius 1 is 1.03 bits per heavy atom. The Balaban J connectivity index is 1.28. The maximum absolute atomic E-state index is 13.0. The summed E-state index contributed by atoms with van der Waals surface area (Å²) in [7, 11) is 0. The number of rotatable bonds is 6. The van der Waals surface area contributed by atoms with Crippen molar-refractivity contribution in [1.29, 1.82) is 0 Å². The molecule has 154 valence electrons. The van der Waals surface area contributed by atoms with Gasteiger partial charge in [0.25, 0.3) is 0 Å². The van der Waals surface area contributed by atoms with Gasteiger partial charge in [0.1, 0.15) is 5.75 Å². The molecular formula is C26H33NO2. The lowest BCUT2D eigenvalue weighted by Crippen LogP contribution is -2.35. The monoisotopic (exact) mass is 391 g/mol. The van der Waals surface area contributed by atoms with Crippen LogP contribution >= 0.6 is 0 Å². The van der Waals surface area contributed by atoms with Crippen LogP contribution in [0.15, 0.2) is 48.5 Å². The molecule has 0 N–H and O–H groups in total. The predicted molar refractivity (Wildman–Crippen MR) is 118 cm³/mol. The van der Waals surface area contributed by atoms with Gasteiger partial charge in [0.15, 0.2) is 5.78 Å². The van der Waals surface area contributed by atoms with Gasteiger partial charge in [0.2, 0.25) is 0 Å². The number of ketones is 1. The number of piperidine rings is 1. The third kappa shape index (κ3) is 4.90. The summed E-state index contributed by atoms with van der Waals surface area (Å²) in [5.74, 6) is 2.08. The average Bonchev–Trinajstić information content (AvgIpc) is 2.74. The number of fused-ring (bicyclic) bond motifs is 1. The molecule has 0 spiro atoms. The van der Waals surface area contributed by atoms with Gasteiger partial charge in [-0.3, -0.25) is 4.79 Å². The molecule has 1 aliphatic carbocycles. The van der Waals surface area contributed by atoms with Gasteiger partial charge in [-0.15, -0.1) is 0 Å². The fourth-order valence-electron chi connectivity index (χ4n) is 4.87. The zero-order valence-corrected chi connectivity index (χ0v) is 17.8. The van der Waals surface area contributed by atoms with Gasteiger partial charge in [-0.05, 0) is 101 Å². The highest BCUT2D eigenvalue weighted by Crippen LogP contribution is 2.32. The number of carbonyl (C=O) groups is 1. The van der Waals surface area contributed by atoms with E-state index in [-0.39, 0.29) is 12.0 Å². The van der Waals surface area contributed by atoms with Crippen molar-refractivity contribution in [3.8, 4) is 5.75 Å². The Morgan fingerprint density at radius 2 is 1.79 bits per heavy atom. The third-order valence-electron chi connectivity index (χ3n) is 6.50. The molecule has 2 aromatic carbocycles. The van der Waals surface area contributed by atoms with E-state index in [1.165, 1.54) is 18.4 Å². The number of ether oxygens (including phenoxy) is 1. The quantitative estimate of drug-likeness (QED) is 0.652. The van der Waals surface area contributed by atoms with Gasteiger partial charge in [-0.1, -0.05) is 30.3 Å². The molecule has 1 unspecified atom stereocenters. The van der Waals surface area contributed by atoms with E-state index in [0.717, 1.165) is 55.8 Å². The minimum absolute atomic E-state index is 0.158. The first-order chi connectivity index (χ1) is 14.1. The molecule has 0 amide bonds. The largest absolute Gasteiger partial charge is 0.491 e. The molecule has 0 bridgehead atoms. The molecule has 1 heterocycles.